The van der Waals surface area contributed by atoms with Crippen molar-refractivity contribution in [1.82, 2.24) is 10.2 Å². The molecule has 5 heteroatoms. The predicted octanol–water partition coefficient (Wildman–Crippen LogP) is 3.60. The van der Waals surface area contributed by atoms with Crippen molar-refractivity contribution in [3.05, 3.63) is 53.3 Å². The van der Waals surface area contributed by atoms with Crippen LogP contribution < -0.4 is 0 Å². The van der Waals surface area contributed by atoms with Crippen LogP contribution in [0.5, 0.6) is 0 Å². The first-order valence-corrected chi connectivity index (χ1v) is 4.91. The van der Waals surface area contributed by atoms with E-state index in [1.54, 1.807) is 18.2 Å². The van der Waals surface area contributed by atoms with E-state index in [1.807, 2.05) is 0 Å². The zero-order valence-corrected chi connectivity index (χ0v) is 8.70. The minimum absolute atomic E-state index is 0.134. The Balaban J connectivity index is 2.33. The van der Waals surface area contributed by atoms with Crippen LogP contribution in [0.4, 0.5) is 13.2 Å². The van der Waals surface area contributed by atoms with E-state index in [0.717, 1.165) is 6.07 Å². The van der Waals surface area contributed by atoms with Crippen LogP contribution in [0, 0.1) is 0 Å². The monoisotopic (exact) mass is 238 g/mol. The molecule has 88 valence electrons. The summed E-state index contributed by atoms with van der Waals surface area (Å²) in [4.78, 5) is 0. The van der Waals surface area contributed by atoms with Crippen LogP contribution in [-0.2, 0) is 6.18 Å². The summed E-state index contributed by atoms with van der Waals surface area (Å²) in [7, 11) is 0. The molecule has 0 unspecified atom stereocenters. The van der Waals surface area contributed by atoms with Gasteiger partial charge in [0.05, 0.1) is 11.3 Å². The second kappa shape index (κ2) is 4.45. The minimum atomic E-state index is -4.34. The number of alkyl halides is 3. The summed E-state index contributed by atoms with van der Waals surface area (Å²) in [5.74, 6) is 0. The maximum absolute atomic E-state index is 12.7. The fraction of sp³-hybridized carbons (Fsp3) is 0.0833. The highest BCUT2D eigenvalue weighted by Gasteiger charge is 2.32. The van der Waals surface area contributed by atoms with Gasteiger partial charge in [0.1, 0.15) is 0 Å². The number of aromatic nitrogens is 2. The number of hydrogen-bond acceptors (Lipinski definition) is 1. The molecule has 0 atom stereocenters. The second-order valence-electron chi connectivity index (χ2n) is 3.43. The molecular weight excluding hydrogens is 229 g/mol. The lowest BCUT2D eigenvalue weighted by atomic mass is 10.1. The summed E-state index contributed by atoms with van der Waals surface area (Å²) in [6, 6.07) is 7.10. The van der Waals surface area contributed by atoms with Crippen molar-refractivity contribution in [3.63, 3.8) is 0 Å². The molecule has 0 fully saturated rings. The smallest absolute Gasteiger partial charge is 0.278 e. The Morgan fingerprint density at radius 3 is 2.47 bits per heavy atom. The van der Waals surface area contributed by atoms with Gasteiger partial charge in [-0.15, -0.1) is 0 Å². The molecule has 1 aromatic heterocycles. The number of hydrogen-bond donors (Lipinski definition) is 1. The van der Waals surface area contributed by atoms with E-state index in [-0.39, 0.29) is 5.56 Å². The van der Waals surface area contributed by atoms with Gasteiger partial charge < -0.3 is 0 Å². The zero-order valence-electron chi connectivity index (χ0n) is 8.70. The third-order valence-electron chi connectivity index (χ3n) is 2.23. The molecular formula is C12H9F3N2. The molecule has 0 aliphatic carbocycles. The average Bonchev–Trinajstić information content (AvgIpc) is 2.78. The Morgan fingerprint density at radius 2 is 1.82 bits per heavy atom. The summed E-state index contributed by atoms with van der Waals surface area (Å²) < 4.78 is 38.0. The van der Waals surface area contributed by atoms with Crippen molar-refractivity contribution in [3.8, 4) is 0 Å². The van der Waals surface area contributed by atoms with Crippen molar-refractivity contribution in [2.75, 3.05) is 0 Å². The van der Waals surface area contributed by atoms with Gasteiger partial charge >= 0.3 is 6.18 Å². The third kappa shape index (κ3) is 2.75. The quantitative estimate of drug-likeness (QED) is 0.850. The van der Waals surface area contributed by atoms with E-state index in [0.29, 0.717) is 5.69 Å². The Bertz CT molecular complexity index is 513. The largest absolute Gasteiger partial charge is 0.416 e. The summed E-state index contributed by atoms with van der Waals surface area (Å²) in [6.45, 7) is 0. The molecule has 2 rings (SSSR count). The topological polar surface area (TPSA) is 28.7 Å². The molecule has 0 aliphatic heterocycles. The fourth-order valence-electron chi connectivity index (χ4n) is 1.44. The van der Waals surface area contributed by atoms with E-state index in [1.165, 1.54) is 24.4 Å². The highest BCUT2D eigenvalue weighted by Crippen LogP contribution is 2.32. The van der Waals surface area contributed by atoms with Crippen LogP contribution in [-0.4, -0.2) is 10.2 Å². The molecule has 0 spiro atoms. The third-order valence-corrected chi connectivity index (χ3v) is 2.23. The molecule has 17 heavy (non-hydrogen) atoms. The predicted molar refractivity (Wildman–Crippen MR) is 59.0 cm³/mol. The van der Waals surface area contributed by atoms with Gasteiger partial charge in [-0.2, -0.15) is 18.3 Å². The first-order chi connectivity index (χ1) is 8.07. The Labute approximate surface area is 95.8 Å². The molecule has 0 radical (unpaired) electrons. The van der Waals surface area contributed by atoms with Gasteiger partial charge in [0.25, 0.3) is 0 Å². The van der Waals surface area contributed by atoms with Gasteiger partial charge in [0.15, 0.2) is 0 Å². The van der Waals surface area contributed by atoms with Crippen LogP contribution in [0.25, 0.3) is 12.2 Å². The molecule has 0 saturated carbocycles. The van der Waals surface area contributed by atoms with E-state index in [4.69, 9.17) is 0 Å². The summed E-state index contributed by atoms with van der Waals surface area (Å²) >= 11 is 0. The molecule has 2 aromatic rings. The van der Waals surface area contributed by atoms with E-state index < -0.39 is 11.7 Å². The highest BCUT2D eigenvalue weighted by atomic mass is 19.4. The highest BCUT2D eigenvalue weighted by molar-refractivity contribution is 5.69. The summed E-state index contributed by atoms with van der Waals surface area (Å²) in [6.07, 6.45) is 0.165. The van der Waals surface area contributed by atoms with Crippen molar-refractivity contribution in [2.45, 2.75) is 6.18 Å². The summed E-state index contributed by atoms with van der Waals surface area (Å²) in [5, 5.41) is 6.35. The van der Waals surface area contributed by atoms with E-state index in [9.17, 15) is 13.2 Å². The van der Waals surface area contributed by atoms with Crippen molar-refractivity contribution in [2.24, 2.45) is 0 Å². The molecule has 2 nitrogen and oxygen atoms in total. The molecule has 1 aromatic carbocycles. The number of rotatable bonds is 2. The molecule has 0 amide bonds. The molecule has 0 bridgehead atoms. The van der Waals surface area contributed by atoms with Gasteiger partial charge in [-0.3, -0.25) is 5.10 Å². The van der Waals surface area contributed by atoms with E-state index >= 15 is 0 Å². The molecule has 1 heterocycles. The number of aromatic amines is 1. The van der Waals surface area contributed by atoms with Gasteiger partial charge in [-0.25, -0.2) is 0 Å². The number of H-pyrrole nitrogens is 1. The normalized spacial score (nSPS) is 12.2. The van der Waals surface area contributed by atoms with Crippen LogP contribution in [0.3, 0.4) is 0 Å². The van der Waals surface area contributed by atoms with Gasteiger partial charge in [-0.05, 0) is 23.8 Å². The van der Waals surface area contributed by atoms with Gasteiger partial charge in [0, 0.05) is 6.20 Å². The van der Waals surface area contributed by atoms with Crippen LogP contribution in [0.2, 0.25) is 0 Å². The lowest BCUT2D eigenvalue weighted by Crippen LogP contribution is -2.06. The Kier molecular flexibility index (Phi) is 2.99. The van der Waals surface area contributed by atoms with Crippen molar-refractivity contribution < 1.29 is 13.2 Å². The zero-order chi connectivity index (χ0) is 12.3. The maximum Gasteiger partial charge on any atom is 0.416 e. The average molecular weight is 238 g/mol. The number of halogens is 3. The van der Waals surface area contributed by atoms with Crippen LogP contribution in [0.15, 0.2) is 36.5 Å². The Morgan fingerprint density at radius 1 is 1.06 bits per heavy atom. The first-order valence-electron chi connectivity index (χ1n) is 4.91. The molecule has 0 aliphatic rings. The minimum Gasteiger partial charge on any atom is -0.278 e. The van der Waals surface area contributed by atoms with Crippen LogP contribution in [0.1, 0.15) is 16.8 Å². The van der Waals surface area contributed by atoms with Crippen LogP contribution >= 0.6 is 0 Å². The van der Waals surface area contributed by atoms with E-state index in [2.05, 4.69) is 10.2 Å². The lowest BCUT2D eigenvalue weighted by Gasteiger charge is -2.09. The maximum atomic E-state index is 12.7. The fourth-order valence-corrected chi connectivity index (χ4v) is 1.44. The standard InChI is InChI=1S/C12H9F3N2/c13-12(14,15)11-4-2-1-3-9(11)5-6-10-7-8-16-17-10/h1-8H,(H,16,17)/b6-5-. The SMILES string of the molecule is FC(F)(F)c1ccccc1/C=C\c1ccn[nH]1. The first kappa shape index (κ1) is 11.4. The number of benzene rings is 1. The molecule has 1 N–H and O–H groups in total. The van der Waals surface area contributed by atoms with Crippen molar-refractivity contribution >= 4 is 12.2 Å². The molecule has 0 saturated heterocycles. The lowest BCUT2D eigenvalue weighted by molar-refractivity contribution is -0.137. The number of nitrogens with one attached hydrogen (secondary N) is 1. The summed E-state index contributed by atoms with van der Waals surface area (Å²) in [5.41, 5.74) is 0.146. The Hall–Kier alpha value is -2.04. The van der Waals surface area contributed by atoms with Gasteiger partial charge in [-0.1, -0.05) is 24.3 Å². The second-order valence-corrected chi connectivity index (χ2v) is 3.43. The van der Waals surface area contributed by atoms with Gasteiger partial charge in [0.2, 0.25) is 0 Å². The number of nitrogens with zero attached hydrogens (tertiary/aromatic N) is 1. The van der Waals surface area contributed by atoms with Crippen molar-refractivity contribution in [1.29, 1.82) is 0 Å².